The van der Waals surface area contributed by atoms with E-state index in [9.17, 15) is 18.7 Å². The van der Waals surface area contributed by atoms with E-state index in [1.807, 2.05) is 0 Å². The maximum Gasteiger partial charge on any atom is 0.334 e. The number of Topliss-reactive ketones (excluding diaryl/α,β-unsaturated/α-hetero) is 1. The highest BCUT2D eigenvalue weighted by molar-refractivity contribution is 5.86. The molecule has 0 amide bonds. The molecule has 0 aliphatic heterocycles. The lowest BCUT2D eigenvalue weighted by Gasteiger charge is -2.21. The molecule has 1 atom stereocenters. The molecule has 4 heteroatoms. The molecule has 2 nitrogen and oxygen atoms in total. The Hall–Kier alpha value is -1.29. The van der Waals surface area contributed by atoms with Crippen molar-refractivity contribution in [3.05, 3.63) is 35.9 Å². The number of halogens is 2. The average molecular weight is 228 g/mol. The van der Waals surface area contributed by atoms with Gasteiger partial charge in [-0.3, -0.25) is 4.79 Å². The number of aliphatic hydroxyl groups is 1. The van der Waals surface area contributed by atoms with Crippen molar-refractivity contribution in [2.75, 3.05) is 0 Å². The van der Waals surface area contributed by atoms with E-state index in [-0.39, 0.29) is 12.0 Å². The van der Waals surface area contributed by atoms with Gasteiger partial charge >= 0.3 is 5.92 Å². The van der Waals surface area contributed by atoms with E-state index in [0.29, 0.717) is 6.42 Å². The Morgan fingerprint density at radius 2 is 1.94 bits per heavy atom. The van der Waals surface area contributed by atoms with Gasteiger partial charge in [0.1, 0.15) is 6.10 Å². The minimum Gasteiger partial charge on any atom is -0.382 e. The van der Waals surface area contributed by atoms with Crippen molar-refractivity contribution in [3.8, 4) is 0 Å². The fraction of sp³-hybridized carbons (Fsp3) is 0.417. The molecule has 0 aliphatic rings. The first-order valence-electron chi connectivity index (χ1n) is 5.14. The van der Waals surface area contributed by atoms with Gasteiger partial charge < -0.3 is 5.11 Å². The van der Waals surface area contributed by atoms with E-state index in [2.05, 4.69) is 0 Å². The summed E-state index contributed by atoms with van der Waals surface area (Å²) in [7, 11) is 0. The monoisotopic (exact) mass is 228 g/mol. The Kier molecular flexibility index (Phi) is 4.12. The van der Waals surface area contributed by atoms with Crippen LogP contribution < -0.4 is 0 Å². The second-order valence-corrected chi connectivity index (χ2v) is 3.61. The zero-order valence-corrected chi connectivity index (χ0v) is 8.99. The van der Waals surface area contributed by atoms with Gasteiger partial charge in [0, 0.05) is 6.42 Å². The van der Waals surface area contributed by atoms with Gasteiger partial charge in [-0.2, -0.15) is 8.78 Å². The van der Waals surface area contributed by atoms with Crippen molar-refractivity contribution >= 4 is 5.78 Å². The van der Waals surface area contributed by atoms with E-state index in [4.69, 9.17) is 0 Å². The summed E-state index contributed by atoms with van der Waals surface area (Å²) in [5.41, 5.74) is 0.0527. The van der Waals surface area contributed by atoms with E-state index < -0.39 is 17.8 Å². The molecule has 1 aromatic rings. The number of hydrogen-bond donors (Lipinski definition) is 1. The van der Waals surface area contributed by atoms with Crippen LogP contribution in [0.1, 0.15) is 31.4 Å². The number of rotatable bonds is 5. The summed E-state index contributed by atoms with van der Waals surface area (Å²) in [6, 6.07) is 7.48. The SMILES string of the molecule is CCCC(=O)C(F)(F)C(O)c1ccccc1. The number of benzene rings is 1. The van der Waals surface area contributed by atoms with Crippen LogP contribution in [-0.4, -0.2) is 16.8 Å². The summed E-state index contributed by atoms with van der Waals surface area (Å²) < 4.78 is 27.0. The summed E-state index contributed by atoms with van der Waals surface area (Å²) in [6.07, 6.45) is -1.94. The number of aliphatic hydroxyl groups excluding tert-OH is 1. The van der Waals surface area contributed by atoms with Gasteiger partial charge in [-0.1, -0.05) is 37.3 Å². The van der Waals surface area contributed by atoms with Crippen molar-refractivity contribution in [3.63, 3.8) is 0 Å². The van der Waals surface area contributed by atoms with Crippen LogP contribution in [0.25, 0.3) is 0 Å². The van der Waals surface area contributed by atoms with Crippen LogP contribution in [-0.2, 0) is 4.79 Å². The fourth-order valence-corrected chi connectivity index (χ4v) is 1.39. The third kappa shape index (κ3) is 2.64. The van der Waals surface area contributed by atoms with Crippen molar-refractivity contribution in [1.82, 2.24) is 0 Å². The quantitative estimate of drug-likeness (QED) is 0.841. The molecule has 1 aromatic carbocycles. The van der Waals surface area contributed by atoms with Crippen LogP contribution in [0.4, 0.5) is 8.78 Å². The Morgan fingerprint density at radius 1 is 1.38 bits per heavy atom. The molecule has 0 spiro atoms. The molecule has 0 saturated heterocycles. The first-order chi connectivity index (χ1) is 7.50. The minimum absolute atomic E-state index is 0.0527. The molecule has 0 bridgehead atoms. The molecule has 1 N–H and O–H groups in total. The van der Waals surface area contributed by atoms with Gasteiger partial charge in [-0.25, -0.2) is 0 Å². The van der Waals surface area contributed by atoms with Gasteiger partial charge in [-0.15, -0.1) is 0 Å². The molecule has 0 fully saturated rings. The van der Waals surface area contributed by atoms with Gasteiger partial charge in [0.2, 0.25) is 5.78 Å². The van der Waals surface area contributed by atoms with Crippen molar-refractivity contribution in [2.24, 2.45) is 0 Å². The first-order valence-corrected chi connectivity index (χ1v) is 5.14. The van der Waals surface area contributed by atoms with E-state index in [1.165, 1.54) is 12.1 Å². The molecule has 16 heavy (non-hydrogen) atoms. The molecule has 88 valence electrons. The highest BCUT2D eigenvalue weighted by Gasteiger charge is 2.45. The number of hydrogen-bond acceptors (Lipinski definition) is 2. The Labute approximate surface area is 92.9 Å². The molecule has 0 heterocycles. The highest BCUT2D eigenvalue weighted by Crippen LogP contribution is 2.33. The predicted molar refractivity (Wildman–Crippen MR) is 56.3 cm³/mol. The molecular weight excluding hydrogens is 214 g/mol. The van der Waals surface area contributed by atoms with Crippen LogP contribution >= 0.6 is 0 Å². The maximum atomic E-state index is 13.5. The lowest BCUT2D eigenvalue weighted by molar-refractivity contribution is -0.161. The molecule has 1 unspecified atom stereocenters. The first kappa shape index (κ1) is 12.8. The van der Waals surface area contributed by atoms with Gasteiger partial charge in [0.05, 0.1) is 0 Å². The van der Waals surface area contributed by atoms with Crippen LogP contribution in [0.2, 0.25) is 0 Å². The van der Waals surface area contributed by atoms with Crippen LogP contribution in [0.5, 0.6) is 0 Å². The molecule has 0 radical (unpaired) electrons. The van der Waals surface area contributed by atoms with Gasteiger partial charge in [0.15, 0.2) is 0 Å². The standard InChI is InChI=1S/C12H14F2O2/c1-2-6-10(15)12(13,14)11(16)9-7-4-3-5-8-9/h3-5,7-8,11,16H,2,6H2,1H3. The number of carbonyl (C=O) groups excluding carboxylic acids is 1. The average Bonchev–Trinajstić information content (AvgIpc) is 2.29. The van der Waals surface area contributed by atoms with Crippen molar-refractivity contribution in [2.45, 2.75) is 31.8 Å². The second kappa shape index (κ2) is 5.16. The predicted octanol–water partition coefficient (Wildman–Crippen LogP) is 2.72. The van der Waals surface area contributed by atoms with Crippen LogP contribution in [0.3, 0.4) is 0 Å². The molecule has 0 saturated carbocycles. The van der Waals surface area contributed by atoms with Crippen LogP contribution in [0, 0.1) is 0 Å². The largest absolute Gasteiger partial charge is 0.382 e. The minimum atomic E-state index is -3.71. The lowest BCUT2D eigenvalue weighted by atomic mass is 9.98. The highest BCUT2D eigenvalue weighted by atomic mass is 19.3. The summed E-state index contributed by atoms with van der Waals surface area (Å²) >= 11 is 0. The zero-order chi connectivity index (χ0) is 12.2. The van der Waals surface area contributed by atoms with E-state index in [0.717, 1.165) is 0 Å². The fourth-order valence-electron chi connectivity index (χ4n) is 1.39. The summed E-state index contributed by atoms with van der Waals surface area (Å²) in [4.78, 5) is 11.2. The van der Waals surface area contributed by atoms with Gasteiger partial charge in [0.25, 0.3) is 0 Å². The normalized spacial score (nSPS) is 13.5. The van der Waals surface area contributed by atoms with E-state index in [1.54, 1.807) is 25.1 Å². The Bertz CT molecular complexity index is 349. The smallest absolute Gasteiger partial charge is 0.334 e. The summed E-state index contributed by atoms with van der Waals surface area (Å²) in [5, 5.41) is 9.47. The summed E-state index contributed by atoms with van der Waals surface area (Å²) in [5.74, 6) is -4.93. The molecular formula is C12H14F2O2. The third-order valence-corrected chi connectivity index (χ3v) is 2.31. The number of carbonyl (C=O) groups is 1. The van der Waals surface area contributed by atoms with E-state index >= 15 is 0 Å². The topological polar surface area (TPSA) is 37.3 Å². The van der Waals surface area contributed by atoms with Crippen molar-refractivity contribution in [1.29, 1.82) is 0 Å². The lowest BCUT2D eigenvalue weighted by Crippen LogP contribution is -2.35. The van der Waals surface area contributed by atoms with Crippen molar-refractivity contribution < 1.29 is 18.7 Å². The van der Waals surface area contributed by atoms with Crippen LogP contribution in [0.15, 0.2) is 30.3 Å². The second-order valence-electron chi connectivity index (χ2n) is 3.61. The molecule has 0 aromatic heterocycles. The number of ketones is 1. The Morgan fingerprint density at radius 3 is 2.44 bits per heavy atom. The zero-order valence-electron chi connectivity index (χ0n) is 8.99. The molecule has 1 rings (SSSR count). The summed E-state index contributed by atoms with van der Waals surface area (Å²) in [6.45, 7) is 1.64. The number of alkyl halides is 2. The Balaban J connectivity index is 2.87. The molecule has 0 aliphatic carbocycles. The maximum absolute atomic E-state index is 13.5. The third-order valence-electron chi connectivity index (χ3n) is 2.31. The van der Waals surface area contributed by atoms with Gasteiger partial charge in [-0.05, 0) is 12.0 Å².